The minimum Gasteiger partial charge on any atom is -0.350 e. The molecule has 4 heterocycles. The van der Waals surface area contributed by atoms with Gasteiger partial charge in [0.25, 0.3) is 0 Å². The van der Waals surface area contributed by atoms with E-state index in [9.17, 15) is 18.8 Å². The van der Waals surface area contributed by atoms with E-state index in [0.29, 0.717) is 58.7 Å². The highest BCUT2D eigenvalue weighted by Gasteiger charge is 2.45. The van der Waals surface area contributed by atoms with E-state index in [1.165, 1.54) is 11.1 Å². The predicted octanol–water partition coefficient (Wildman–Crippen LogP) is 2.44. The maximum absolute atomic E-state index is 14.3. The number of rotatable bonds is 10. The van der Waals surface area contributed by atoms with Gasteiger partial charge >= 0.3 is 0 Å². The highest BCUT2D eigenvalue weighted by atomic mass is 19.1. The van der Waals surface area contributed by atoms with Crippen LogP contribution < -0.4 is 10.6 Å². The number of piperidine rings is 1. The smallest absolute Gasteiger partial charge is 0.243 e. The van der Waals surface area contributed by atoms with Gasteiger partial charge in [0.05, 0.1) is 23.7 Å². The SMILES string of the molecule is Cc1ccc(C[C@@H]2C[C@@H](C(=O)NCc3ccc4c(cnn4C)c3)N(C(=O)[C@@H]3NCCC[C@@H]3C(=O)N(C)CCN3CC(F)C3)C2)cc1. The quantitative estimate of drug-likeness (QED) is 0.357. The molecule has 0 aliphatic carbocycles. The van der Waals surface area contributed by atoms with E-state index < -0.39 is 24.2 Å². The molecular formula is C35H46FN7O3. The number of alkyl halides is 1. The Bertz CT molecular complexity index is 1550. The standard InChI is InChI=1S/C35H46FN7O3/c1-23-6-8-24(9-7-23)15-26-17-31(33(44)38-18-25-10-11-30-27(16-25)19-39-41(30)3)43(20-26)35(46)32-29(5-4-12-37-32)34(45)40(2)13-14-42-21-28(36)22-42/h6-11,16,19,26,28-29,31-32,37H,4-5,12-15,17-18,20-22H2,1-3H3,(H,38,44)/t26-,29+,31+,32-/m1/s1. The fourth-order valence-corrected chi connectivity index (χ4v) is 7.22. The molecule has 0 saturated carbocycles. The number of nitrogens with one attached hydrogen (secondary N) is 2. The third-order valence-corrected chi connectivity index (χ3v) is 9.98. The van der Waals surface area contributed by atoms with Crippen LogP contribution in [0.1, 0.15) is 36.0 Å². The summed E-state index contributed by atoms with van der Waals surface area (Å²) in [6, 6.07) is 13.1. The van der Waals surface area contributed by atoms with Crippen molar-refractivity contribution in [1.82, 2.24) is 35.1 Å². The van der Waals surface area contributed by atoms with Gasteiger partial charge in [-0.15, -0.1) is 0 Å². The number of carbonyl (C=O) groups excluding carboxylic acids is 3. The van der Waals surface area contributed by atoms with Gasteiger partial charge in [0.1, 0.15) is 12.2 Å². The van der Waals surface area contributed by atoms with Crippen molar-refractivity contribution >= 4 is 28.6 Å². The lowest BCUT2D eigenvalue weighted by molar-refractivity contribution is -0.147. The van der Waals surface area contributed by atoms with Gasteiger partial charge in [-0.3, -0.25) is 24.0 Å². The first kappa shape index (κ1) is 32.1. The molecule has 3 saturated heterocycles. The predicted molar refractivity (Wildman–Crippen MR) is 175 cm³/mol. The third-order valence-electron chi connectivity index (χ3n) is 9.98. The van der Waals surface area contributed by atoms with E-state index in [1.54, 1.807) is 16.8 Å². The first-order valence-electron chi connectivity index (χ1n) is 16.6. The third kappa shape index (κ3) is 7.10. The van der Waals surface area contributed by atoms with Crippen molar-refractivity contribution in [3.63, 3.8) is 0 Å². The van der Waals surface area contributed by atoms with Crippen molar-refractivity contribution < 1.29 is 18.8 Å². The molecule has 0 radical (unpaired) electrons. The van der Waals surface area contributed by atoms with Gasteiger partial charge in [0.2, 0.25) is 17.7 Å². The molecule has 3 aliphatic heterocycles. The number of likely N-dealkylation sites (N-methyl/N-ethyl adjacent to an activating group) is 1. The summed E-state index contributed by atoms with van der Waals surface area (Å²) >= 11 is 0. The van der Waals surface area contributed by atoms with Crippen LogP contribution in [0.2, 0.25) is 0 Å². The van der Waals surface area contributed by atoms with Crippen LogP contribution >= 0.6 is 0 Å². The van der Waals surface area contributed by atoms with Crippen LogP contribution in [-0.2, 0) is 34.4 Å². The lowest BCUT2D eigenvalue weighted by atomic mass is 9.88. The molecule has 1 aromatic heterocycles. The Hall–Kier alpha value is -3.83. The number of likely N-dealkylation sites (tertiary alicyclic amines) is 2. The average molecular weight is 632 g/mol. The molecular weight excluding hydrogens is 585 g/mol. The molecule has 246 valence electrons. The summed E-state index contributed by atoms with van der Waals surface area (Å²) in [6.07, 6.45) is 3.76. The van der Waals surface area contributed by atoms with Crippen LogP contribution in [-0.4, -0.2) is 107 Å². The van der Waals surface area contributed by atoms with Gasteiger partial charge in [-0.1, -0.05) is 35.9 Å². The number of hydrogen-bond acceptors (Lipinski definition) is 6. The Labute approximate surface area is 270 Å². The monoisotopic (exact) mass is 631 g/mol. The molecule has 10 nitrogen and oxygen atoms in total. The highest BCUT2D eigenvalue weighted by Crippen LogP contribution is 2.30. The maximum atomic E-state index is 14.3. The van der Waals surface area contributed by atoms with Gasteiger partial charge in [0, 0.05) is 58.8 Å². The number of amides is 3. The number of carbonyl (C=O) groups is 3. The van der Waals surface area contributed by atoms with Crippen molar-refractivity contribution in [1.29, 1.82) is 0 Å². The van der Waals surface area contributed by atoms with E-state index in [0.717, 1.165) is 29.3 Å². The van der Waals surface area contributed by atoms with Crippen molar-refractivity contribution in [3.8, 4) is 0 Å². The van der Waals surface area contributed by atoms with E-state index in [1.807, 2.05) is 41.0 Å². The zero-order valence-electron chi connectivity index (χ0n) is 27.1. The maximum Gasteiger partial charge on any atom is 0.243 e. The molecule has 3 fully saturated rings. The van der Waals surface area contributed by atoms with Gasteiger partial charge in [-0.2, -0.15) is 5.10 Å². The van der Waals surface area contributed by atoms with Gasteiger partial charge in [-0.25, -0.2) is 4.39 Å². The Balaban J connectivity index is 1.16. The topological polar surface area (TPSA) is 103 Å². The number of aromatic nitrogens is 2. The van der Waals surface area contributed by atoms with Crippen LogP contribution in [0.15, 0.2) is 48.7 Å². The Morgan fingerprint density at radius 1 is 1.09 bits per heavy atom. The lowest BCUT2D eigenvalue weighted by Gasteiger charge is -2.38. The first-order valence-corrected chi connectivity index (χ1v) is 16.6. The van der Waals surface area contributed by atoms with Crippen molar-refractivity contribution in [3.05, 3.63) is 65.4 Å². The largest absolute Gasteiger partial charge is 0.350 e. The summed E-state index contributed by atoms with van der Waals surface area (Å²) in [5.41, 5.74) is 4.35. The molecule has 0 bridgehead atoms. The van der Waals surface area contributed by atoms with E-state index >= 15 is 0 Å². The van der Waals surface area contributed by atoms with E-state index in [2.05, 4.69) is 46.9 Å². The van der Waals surface area contributed by atoms with E-state index in [4.69, 9.17) is 0 Å². The number of halogens is 1. The fraction of sp³-hybridized carbons (Fsp3) is 0.543. The zero-order valence-corrected chi connectivity index (χ0v) is 27.1. The van der Waals surface area contributed by atoms with Crippen LogP contribution in [0.25, 0.3) is 10.9 Å². The van der Waals surface area contributed by atoms with Crippen LogP contribution in [0.5, 0.6) is 0 Å². The first-order chi connectivity index (χ1) is 22.2. The van der Waals surface area contributed by atoms with Crippen LogP contribution in [0.3, 0.4) is 0 Å². The number of fused-ring (bicyclic) bond motifs is 1. The molecule has 6 rings (SSSR count). The van der Waals surface area contributed by atoms with Crippen molar-refractivity contribution in [2.75, 3.05) is 46.3 Å². The minimum atomic E-state index is -0.782. The molecule has 4 atom stereocenters. The summed E-state index contributed by atoms with van der Waals surface area (Å²) in [4.78, 5) is 47.2. The molecule has 3 amide bonds. The second-order valence-corrected chi connectivity index (χ2v) is 13.5. The molecule has 3 aromatic rings. The molecule has 2 aromatic carbocycles. The van der Waals surface area contributed by atoms with Crippen molar-refractivity contribution in [2.45, 2.75) is 57.4 Å². The summed E-state index contributed by atoms with van der Waals surface area (Å²) in [5, 5.41) is 11.8. The number of hydrogen-bond donors (Lipinski definition) is 2. The fourth-order valence-electron chi connectivity index (χ4n) is 7.22. The number of benzene rings is 2. The number of aryl methyl sites for hydroxylation is 2. The Morgan fingerprint density at radius 3 is 2.61 bits per heavy atom. The minimum absolute atomic E-state index is 0.0786. The second kappa shape index (κ2) is 13.9. The normalized spacial score (nSPS) is 23.8. The number of nitrogens with zero attached hydrogens (tertiary/aromatic N) is 5. The average Bonchev–Trinajstić information content (AvgIpc) is 3.64. The zero-order chi connectivity index (χ0) is 32.4. The van der Waals surface area contributed by atoms with E-state index in [-0.39, 0.29) is 23.6 Å². The summed E-state index contributed by atoms with van der Waals surface area (Å²) in [6.45, 7) is 5.43. The Morgan fingerprint density at radius 2 is 1.85 bits per heavy atom. The summed E-state index contributed by atoms with van der Waals surface area (Å²) < 4.78 is 15.1. The molecule has 11 heteroatoms. The summed E-state index contributed by atoms with van der Waals surface area (Å²) in [7, 11) is 3.66. The second-order valence-electron chi connectivity index (χ2n) is 13.5. The molecule has 46 heavy (non-hydrogen) atoms. The molecule has 0 unspecified atom stereocenters. The molecule has 0 spiro atoms. The van der Waals surface area contributed by atoms with Crippen LogP contribution in [0, 0.1) is 18.8 Å². The summed E-state index contributed by atoms with van der Waals surface area (Å²) in [5.74, 6) is -0.835. The van der Waals surface area contributed by atoms with Gasteiger partial charge < -0.3 is 20.4 Å². The molecule has 3 aliphatic rings. The highest BCUT2D eigenvalue weighted by molar-refractivity contribution is 5.94. The van der Waals surface area contributed by atoms with Crippen molar-refractivity contribution in [2.24, 2.45) is 18.9 Å². The van der Waals surface area contributed by atoms with Gasteiger partial charge in [-0.05, 0) is 68.3 Å². The molecule has 2 N–H and O–H groups in total. The Kier molecular flexibility index (Phi) is 9.70. The lowest BCUT2D eigenvalue weighted by Crippen LogP contribution is -2.59. The van der Waals surface area contributed by atoms with Crippen LogP contribution in [0.4, 0.5) is 4.39 Å². The van der Waals surface area contributed by atoms with Gasteiger partial charge in [0.15, 0.2) is 0 Å².